The molecule has 1 aliphatic heterocycles. The van der Waals surface area contributed by atoms with Gasteiger partial charge in [-0.2, -0.15) is 10.5 Å². The van der Waals surface area contributed by atoms with Crippen molar-refractivity contribution in [3.63, 3.8) is 0 Å². The van der Waals surface area contributed by atoms with Gasteiger partial charge in [0.25, 0.3) is 5.91 Å². The Morgan fingerprint density at radius 2 is 1.91 bits per heavy atom. The first kappa shape index (κ1) is 15.5. The van der Waals surface area contributed by atoms with Crippen LogP contribution in [0.2, 0.25) is 0 Å². The van der Waals surface area contributed by atoms with Crippen LogP contribution >= 0.6 is 0 Å². The summed E-state index contributed by atoms with van der Waals surface area (Å²) in [5.41, 5.74) is 0.654. The second kappa shape index (κ2) is 6.73. The zero-order valence-electron chi connectivity index (χ0n) is 12.3. The molecule has 1 heterocycles. The Balaban J connectivity index is 2.18. The van der Waals surface area contributed by atoms with Crippen molar-refractivity contribution in [2.45, 2.75) is 25.8 Å². The fourth-order valence-corrected chi connectivity index (χ4v) is 2.47. The van der Waals surface area contributed by atoms with Gasteiger partial charge >= 0.3 is 6.03 Å². The van der Waals surface area contributed by atoms with E-state index in [0.717, 1.165) is 4.90 Å². The second-order valence-electron chi connectivity index (χ2n) is 5.14. The van der Waals surface area contributed by atoms with E-state index in [1.54, 1.807) is 31.2 Å². The number of urea groups is 1. The lowest BCUT2D eigenvalue weighted by Crippen LogP contribution is -2.36. The minimum Gasteiger partial charge on any atom is -0.282 e. The van der Waals surface area contributed by atoms with Crippen LogP contribution in [0.1, 0.15) is 19.8 Å². The molecule has 2 rings (SSSR count). The molecule has 2 atom stereocenters. The van der Waals surface area contributed by atoms with E-state index in [0.29, 0.717) is 12.1 Å². The Morgan fingerprint density at radius 3 is 2.50 bits per heavy atom. The lowest BCUT2D eigenvalue weighted by atomic mass is 10.1. The Kier molecular flexibility index (Phi) is 4.75. The van der Waals surface area contributed by atoms with Gasteiger partial charge in [0, 0.05) is 18.7 Å². The maximum Gasteiger partial charge on any atom is 0.332 e. The molecule has 1 saturated heterocycles. The van der Waals surface area contributed by atoms with Gasteiger partial charge in [0.15, 0.2) is 0 Å². The summed E-state index contributed by atoms with van der Waals surface area (Å²) in [6.45, 7) is 1.70. The quantitative estimate of drug-likeness (QED) is 0.780. The van der Waals surface area contributed by atoms with Crippen molar-refractivity contribution < 1.29 is 9.59 Å². The first-order chi connectivity index (χ1) is 10.6. The molecule has 0 bridgehead atoms. The largest absolute Gasteiger partial charge is 0.332 e. The molecule has 0 aliphatic carbocycles. The zero-order valence-corrected chi connectivity index (χ0v) is 12.3. The number of para-hydroxylation sites is 1. The van der Waals surface area contributed by atoms with E-state index in [4.69, 9.17) is 10.5 Å². The van der Waals surface area contributed by atoms with Gasteiger partial charge in [-0.3, -0.25) is 14.6 Å². The standard InChI is InChI=1S/C16H16N4O2/c1-12-15(21)19(11-13(10-18)6-5-9-17)16(22)20(12)14-7-3-2-4-8-14/h2-4,7-8,12-13H,5-6,11H2,1H3/t12-,13-/m0/s1. The van der Waals surface area contributed by atoms with Crippen molar-refractivity contribution in [3.05, 3.63) is 30.3 Å². The van der Waals surface area contributed by atoms with Crippen LogP contribution in [0.5, 0.6) is 0 Å². The molecule has 0 radical (unpaired) electrons. The molecule has 1 aromatic carbocycles. The number of hydrogen-bond donors (Lipinski definition) is 0. The van der Waals surface area contributed by atoms with Gasteiger partial charge in [0.1, 0.15) is 6.04 Å². The Hall–Kier alpha value is -2.86. The third kappa shape index (κ3) is 2.91. The van der Waals surface area contributed by atoms with Crippen LogP contribution in [0, 0.1) is 28.6 Å². The summed E-state index contributed by atoms with van der Waals surface area (Å²) in [5, 5.41) is 17.7. The van der Waals surface area contributed by atoms with E-state index in [2.05, 4.69) is 6.07 Å². The lowest BCUT2D eigenvalue weighted by molar-refractivity contribution is -0.127. The third-order valence-corrected chi connectivity index (χ3v) is 3.67. The summed E-state index contributed by atoms with van der Waals surface area (Å²) >= 11 is 0. The van der Waals surface area contributed by atoms with Gasteiger partial charge in [-0.1, -0.05) is 18.2 Å². The Bertz CT molecular complexity index is 644. The average Bonchev–Trinajstić information content (AvgIpc) is 2.75. The molecular formula is C16H16N4O2. The SMILES string of the molecule is C[C@H]1C(=O)N(C[C@H](C#N)CCC#N)C(=O)N1c1ccccc1. The number of carbonyl (C=O) groups is 2. The van der Waals surface area contributed by atoms with Gasteiger partial charge in [-0.15, -0.1) is 0 Å². The molecule has 112 valence electrons. The number of nitrogens with zero attached hydrogens (tertiary/aromatic N) is 4. The number of carbonyl (C=O) groups excluding carboxylic acids is 2. The molecule has 0 unspecified atom stereocenters. The molecule has 0 spiro atoms. The van der Waals surface area contributed by atoms with Gasteiger partial charge < -0.3 is 0 Å². The number of hydrogen-bond acceptors (Lipinski definition) is 4. The molecule has 1 aliphatic rings. The summed E-state index contributed by atoms with van der Waals surface area (Å²) in [5.74, 6) is -0.832. The van der Waals surface area contributed by atoms with Crippen molar-refractivity contribution in [1.82, 2.24) is 4.90 Å². The molecule has 22 heavy (non-hydrogen) atoms. The normalized spacial score (nSPS) is 19.0. The Labute approximate surface area is 129 Å². The number of amides is 3. The predicted octanol–water partition coefficient (Wildman–Crippen LogP) is 2.29. The molecule has 0 N–H and O–H groups in total. The highest BCUT2D eigenvalue weighted by Gasteiger charge is 2.43. The zero-order chi connectivity index (χ0) is 16.1. The highest BCUT2D eigenvalue weighted by molar-refractivity contribution is 6.14. The van der Waals surface area contributed by atoms with Crippen molar-refractivity contribution in [2.24, 2.45) is 5.92 Å². The fraction of sp³-hybridized carbons (Fsp3) is 0.375. The smallest absolute Gasteiger partial charge is 0.282 e. The summed E-state index contributed by atoms with van der Waals surface area (Å²) in [6.07, 6.45) is 0.580. The maximum absolute atomic E-state index is 12.5. The first-order valence-electron chi connectivity index (χ1n) is 7.06. The maximum atomic E-state index is 12.5. The van der Waals surface area contributed by atoms with Crippen LogP contribution in [0.3, 0.4) is 0 Å². The summed E-state index contributed by atoms with van der Waals surface area (Å²) < 4.78 is 0. The van der Waals surface area contributed by atoms with Crippen LogP contribution in [0.4, 0.5) is 10.5 Å². The van der Waals surface area contributed by atoms with E-state index >= 15 is 0 Å². The fourth-order valence-electron chi connectivity index (χ4n) is 2.47. The van der Waals surface area contributed by atoms with Crippen LogP contribution in [0.15, 0.2) is 30.3 Å². The molecule has 0 aromatic heterocycles. The molecule has 1 fully saturated rings. The van der Waals surface area contributed by atoms with Crippen LogP contribution in [-0.2, 0) is 4.79 Å². The average molecular weight is 296 g/mol. The molecule has 0 saturated carbocycles. The monoisotopic (exact) mass is 296 g/mol. The van der Waals surface area contributed by atoms with Gasteiger partial charge in [0.2, 0.25) is 0 Å². The molecular weight excluding hydrogens is 280 g/mol. The van der Waals surface area contributed by atoms with Gasteiger partial charge in [-0.05, 0) is 25.5 Å². The first-order valence-corrected chi connectivity index (χ1v) is 7.06. The predicted molar refractivity (Wildman–Crippen MR) is 79.4 cm³/mol. The highest BCUT2D eigenvalue weighted by Crippen LogP contribution is 2.26. The van der Waals surface area contributed by atoms with Gasteiger partial charge in [-0.25, -0.2) is 4.79 Å². The number of benzene rings is 1. The van der Waals surface area contributed by atoms with E-state index in [-0.39, 0.29) is 18.9 Å². The third-order valence-electron chi connectivity index (χ3n) is 3.67. The molecule has 6 nitrogen and oxygen atoms in total. The molecule has 6 heteroatoms. The van der Waals surface area contributed by atoms with Crippen LogP contribution in [0.25, 0.3) is 0 Å². The van der Waals surface area contributed by atoms with Crippen molar-refractivity contribution >= 4 is 17.6 Å². The topological polar surface area (TPSA) is 88.2 Å². The highest BCUT2D eigenvalue weighted by atomic mass is 16.2. The Morgan fingerprint density at radius 1 is 1.23 bits per heavy atom. The summed E-state index contributed by atoms with van der Waals surface area (Å²) in [6, 6.07) is 12.0. The van der Waals surface area contributed by atoms with E-state index in [1.807, 2.05) is 12.1 Å². The lowest BCUT2D eigenvalue weighted by Gasteiger charge is -2.20. The second-order valence-corrected chi connectivity index (χ2v) is 5.14. The number of imide groups is 1. The van der Waals surface area contributed by atoms with Crippen molar-refractivity contribution in [1.29, 1.82) is 10.5 Å². The van der Waals surface area contributed by atoms with Crippen molar-refractivity contribution in [3.8, 4) is 12.1 Å². The molecule has 1 aromatic rings. The minimum atomic E-state index is -0.592. The summed E-state index contributed by atoms with van der Waals surface area (Å²) in [4.78, 5) is 27.4. The number of nitriles is 2. The van der Waals surface area contributed by atoms with Crippen molar-refractivity contribution in [2.75, 3.05) is 11.4 Å². The van der Waals surface area contributed by atoms with E-state index in [9.17, 15) is 9.59 Å². The van der Waals surface area contributed by atoms with Gasteiger partial charge in [0.05, 0.1) is 18.1 Å². The number of anilines is 1. The summed E-state index contributed by atoms with van der Waals surface area (Å²) in [7, 11) is 0. The minimum absolute atomic E-state index is 0.0313. The van der Waals surface area contributed by atoms with E-state index in [1.165, 1.54) is 4.90 Å². The number of rotatable bonds is 5. The van der Waals surface area contributed by atoms with Crippen LogP contribution in [-0.4, -0.2) is 29.4 Å². The van der Waals surface area contributed by atoms with E-state index < -0.39 is 18.0 Å². The van der Waals surface area contributed by atoms with Crippen LogP contribution < -0.4 is 4.90 Å². The molecule has 3 amide bonds.